The average molecular weight is 334 g/mol. The molecule has 3 heterocycles. The van der Waals surface area contributed by atoms with Gasteiger partial charge in [-0.15, -0.1) is 5.10 Å². The summed E-state index contributed by atoms with van der Waals surface area (Å²) in [5.41, 5.74) is 0.424. The fourth-order valence-corrected chi connectivity index (χ4v) is 3.72. The van der Waals surface area contributed by atoms with Crippen LogP contribution in [0.3, 0.4) is 0 Å². The first-order valence-electron chi connectivity index (χ1n) is 9.28. The van der Waals surface area contributed by atoms with Gasteiger partial charge in [0.15, 0.2) is 5.69 Å². The minimum Gasteiger partial charge on any atom is -0.349 e. The number of hydrogen-bond acceptors (Lipinski definition) is 5. The van der Waals surface area contributed by atoms with Crippen LogP contribution >= 0.6 is 0 Å². The van der Waals surface area contributed by atoms with Crippen molar-refractivity contribution in [2.24, 2.45) is 5.92 Å². The van der Waals surface area contributed by atoms with Gasteiger partial charge in [0.25, 0.3) is 5.91 Å². The third-order valence-corrected chi connectivity index (χ3v) is 5.30. The molecule has 0 aliphatic carbocycles. The first-order valence-corrected chi connectivity index (χ1v) is 9.28. The number of likely N-dealkylation sites (tertiary alicyclic amines) is 1. The van der Waals surface area contributed by atoms with Crippen molar-refractivity contribution < 1.29 is 4.79 Å². The Morgan fingerprint density at radius 2 is 2.21 bits per heavy atom. The van der Waals surface area contributed by atoms with E-state index in [0.717, 1.165) is 44.9 Å². The van der Waals surface area contributed by atoms with Crippen molar-refractivity contribution in [2.75, 3.05) is 32.7 Å². The highest BCUT2D eigenvalue weighted by Crippen LogP contribution is 2.18. The van der Waals surface area contributed by atoms with Crippen LogP contribution in [0.5, 0.6) is 0 Å². The van der Waals surface area contributed by atoms with E-state index < -0.39 is 0 Å². The number of carbonyl (C=O) groups excluding carboxylic acids is 1. The van der Waals surface area contributed by atoms with Crippen LogP contribution < -0.4 is 10.6 Å². The van der Waals surface area contributed by atoms with E-state index in [9.17, 15) is 4.79 Å². The molecule has 2 aliphatic heterocycles. The Morgan fingerprint density at radius 3 is 2.96 bits per heavy atom. The summed E-state index contributed by atoms with van der Waals surface area (Å²) in [6.07, 6.45) is 6.43. The molecule has 24 heavy (non-hydrogen) atoms. The maximum atomic E-state index is 12.3. The molecule has 0 radical (unpaired) electrons. The van der Waals surface area contributed by atoms with Crippen LogP contribution in [0.15, 0.2) is 6.20 Å². The molecule has 134 valence electrons. The lowest BCUT2D eigenvalue weighted by Crippen LogP contribution is -2.46. The van der Waals surface area contributed by atoms with Gasteiger partial charge in [0, 0.05) is 19.1 Å². The molecule has 2 atom stereocenters. The van der Waals surface area contributed by atoms with Crippen molar-refractivity contribution in [3.8, 4) is 0 Å². The Balaban J connectivity index is 1.49. The van der Waals surface area contributed by atoms with E-state index in [1.165, 1.54) is 12.8 Å². The van der Waals surface area contributed by atoms with E-state index in [4.69, 9.17) is 0 Å². The van der Waals surface area contributed by atoms with E-state index in [1.807, 2.05) is 4.68 Å². The van der Waals surface area contributed by atoms with Crippen molar-refractivity contribution in [1.29, 1.82) is 0 Å². The molecule has 1 aromatic rings. The lowest BCUT2D eigenvalue weighted by Gasteiger charge is -2.35. The third kappa shape index (κ3) is 4.33. The molecule has 7 heteroatoms. The lowest BCUT2D eigenvalue weighted by molar-refractivity contribution is 0.0912. The maximum absolute atomic E-state index is 12.3. The minimum absolute atomic E-state index is 0.118. The van der Waals surface area contributed by atoms with Gasteiger partial charge in [-0.3, -0.25) is 9.69 Å². The summed E-state index contributed by atoms with van der Waals surface area (Å²) in [7, 11) is 0. The average Bonchev–Trinajstić information content (AvgIpc) is 3.10. The Kier molecular flexibility index (Phi) is 5.84. The fourth-order valence-electron chi connectivity index (χ4n) is 3.72. The summed E-state index contributed by atoms with van der Waals surface area (Å²) >= 11 is 0. The number of piperidine rings is 2. The highest BCUT2D eigenvalue weighted by atomic mass is 16.2. The number of nitrogens with one attached hydrogen (secondary N) is 2. The quantitative estimate of drug-likeness (QED) is 0.842. The van der Waals surface area contributed by atoms with Gasteiger partial charge in [-0.25, -0.2) is 4.68 Å². The van der Waals surface area contributed by atoms with Gasteiger partial charge in [-0.1, -0.05) is 12.1 Å². The number of rotatable bonds is 5. The van der Waals surface area contributed by atoms with Gasteiger partial charge < -0.3 is 10.6 Å². The van der Waals surface area contributed by atoms with Crippen LogP contribution in [0.1, 0.15) is 56.1 Å². The zero-order valence-corrected chi connectivity index (χ0v) is 14.9. The van der Waals surface area contributed by atoms with Crippen molar-refractivity contribution >= 4 is 5.91 Å². The molecule has 0 saturated carbocycles. The smallest absolute Gasteiger partial charge is 0.273 e. The summed E-state index contributed by atoms with van der Waals surface area (Å²) < 4.78 is 1.85. The van der Waals surface area contributed by atoms with E-state index in [0.29, 0.717) is 24.3 Å². The molecule has 2 N–H and O–H groups in total. The van der Waals surface area contributed by atoms with Crippen molar-refractivity contribution in [3.63, 3.8) is 0 Å². The normalized spacial score (nSPS) is 24.7. The van der Waals surface area contributed by atoms with Gasteiger partial charge in [0.05, 0.1) is 12.2 Å². The van der Waals surface area contributed by atoms with Crippen LogP contribution in [-0.4, -0.2) is 64.6 Å². The molecule has 3 rings (SSSR count). The molecular weight excluding hydrogens is 304 g/mol. The fraction of sp³-hybridized carbons (Fsp3) is 0.824. The summed E-state index contributed by atoms with van der Waals surface area (Å²) in [5.74, 6) is 0.633. The van der Waals surface area contributed by atoms with E-state index in [1.54, 1.807) is 6.20 Å². The summed E-state index contributed by atoms with van der Waals surface area (Å²) in [6, 6.07) is 0.713. The Labute approximate surface area is 144 Å². The Hall–Kier alpha value is -1.47. The van der Waals surface area contributed by atoms with E-state index in [-0.39, 0.29) is 5.91 Å². The molecule has 1 amide bonds. The summed E-state index contributed by atoms with van der Waals surface area (Å²) in [4.78, 5) is 14.8. The van der Waals surface area contributed by atoms with Crippen molar-refractivity contribution in [2.45, 2.75) is 51.6 Å². The molecule has 2 fully saturated rings. The summed E-state index contributed by atoms with van der Waals surface area (Å²) in [6.45, 7) is 9.40. The van der Waals surface area contributed by atoms with Gasteiger partial charge in [0.1, 0.15) is 0 Å². The van der Waals surface area contributed by atoms with Gasteiger partial charge in [-0.05, 0) is 58.2 Å². The molecule has 1 aromatic heterocycles. The lowest BCUT2D eigenvalue weighted by atomic mass is 9.99. The number of amides is 1. The second-order valence-electron chi connectivity index (χ2n) is 7.37. The summed E-state index contributed by atoms with van der Waals surface area (Å²) in [5, 5.41) is 14.6. The Bertz CT molecular complexity index is 539. The standard InChI is InChI=1S/C17H30N6O/c1-13-4-3-9-22(11-13)14(2)10-19-17(24)16-12-23(21-20-16)15-5-7-18-8-6-15/h12-15,18H,3-11H2,1-2H3,(H,19,24). The highest BCUT2D eigenvalue weighted by molar-refractivity contribution is 5.91. The molecular formula is C17H30N6O. The molecule has 7 nitrogen and oxygen atoms in total. The molecule has 2 aliphatic rings. The highest BCUT2D eigenvalue weighted by Gasteiger charge is 2.22. The molecule has 0 bridgehead atoms. The topological polar surface area (TPSA) is 75.1 Å². The van der Waals surface area contributed by atoms with Crippen LogP contribution in [0, 0.1) is 5.92 Å². The second kappa shape index (κ2) is 8.07. The van der Waals surface area contributed by atoms with Crippen molar-refractivity contribution in [1.82, 2.24) is 30.5 Å². The van der Waals surface area contributed by atoms with Crippen LogP contribution in [0.2, 0.25) is 0 Å². The van der Waals surface area contributed by atoms with Crippen LogP contribution in [0.4, 0.5) is 0 Å². The van der Waals surface area contributed by atoms with Gasteiger partial charge >= 0.3 is 0 Å². The molecule has 0 aromatic carbocycles. The zero-order valence-electron chi connectivity index (χ0n) is 14.9. The van der Waals surface area contributed by atoms with Gasteiger partial charge in [-0.2, -0.15) is 0 Å². The first-order chi connectivity index (χ1) is 11.6. The maximum Gasteiger partial charge on any atom is 0.273 e. The predicted octanol–water partition coefficient (Wildman–Crippen LogP) is 1.05. The van der Waals surface area contributed by atoms with Crippen LogP contribution in [-0.2, 0) is 0 Å². The van der Waals surface area contributed by atoms with Crippen molar-refractivity contribution in [3.05, 3.63) is 11.9 Å². The van der Waals surface area contributed by atoms with E-state index in [2.05, 4.69) is 39.7 Å². The number of hydrogen-bond donors (Lipinski definition) is 2. The molecule has 2 unspecified atom stereocenters. The Morgan fingerprint density at radius 1 is 1.42 bits per heavy atom. The zero-order chi connectivity index (χ0) is 16.9. The van der Waals surface area contributed by atoms with Crippen LogP contribution in [0.25, 0.3) is 0 Å². The van der Waals surface area contributed by atoms with Gasteiger partial charge in [0.2, 0.25) is 0 Å². The number of nitrogens with zero attached hydrogens (tertiary/aromatic N) is 4. The van der Waals surface area contributed by atoms with E-state index >= 15 is 0 Å². The SMILES string of the molecule is CC1CCCN(C(C)CNC(=O)c2cn(C3CCNCC3)nn2)C1. The molecule has 0 spiro atoms. The second-order valence-corrected chi connectivity index (χ2v) is 7.37. The predicted molar refractivity (Wildman–Crippen MR) is 92.9 cm³/mol. The number of carbonyl (C=O) groups is 1. The first kappa shape index (κ1) is 17.4. The largest absolute Gasteiger partial charge is 0.349 e. The monoisotopic (exact) mass is 334 g/mol. The molecule has 2 saturated heterocycles. The number of aromatic nitrogens is 3. The minimum atomic E-state index is -0.118. The third-order valence-electron chi connectivity index (χ3n) is 5.30.